The van der Waals surface area contributed by atoms with E-state index in [0.29, 0.717) is 17.9 Å². The maximum Gasteiger partial charge on any atom is 0.223 e. The first-order chi connectivity index (χ1) is 7.72. The molecule has 1 saturated carbocycles. The number of hydrogen-bond donors (Lipinski definition) is 0. The van der Waals surface area contributed by atoms with E-state index in [1.807, 2.05) is 0 Å². The van der Waals surface area contributed by atoms with Gasteiger partial charge in [0.15, 0.2) is 0 Å². The van der Waals surface area contributed by atoms with Crippen molar-refractivity contribution in [3.8, 4) is 0 Å². The molecule has 0 N–H and O–H groups in total. The lowest BCUT2D eigenvalue weighted by Gasteiger charge is -2.34. The van der Waals surface area contributed by atoms with Gasteiger partial charge < -0.3 is 4.90 Å². The zero-order chi connectivity index (χ0) is 11.5. The number of carbonyl (C=O) groups excluding carboxylic acids is 1. The molecule has 1 saturated heterocycles. The Labute approximate surface area is 107 Å². The lowest BCUT2D eigenvalue weighted by molar-refractivity contribution is -0.130. The number of rotatable bonds is 3. The van der Waals surface area contributed by atoms with Crippen molar-refractivity contribution in [2.75, 3.05) is 11.9 Å². The summed E-state index contributed by atoms with van der Waals surface area (Å²) in [6.45, 7) is 3.23. The summed E-state index contributed by atoms with van der Waals surface area (Å²) in [4.78, 5) is 14.1. The van der Waals surface area contributed by atoms with Crippen molar-refractivity contribution in [2.45, 2.75) is 51.5 Å². The van der Waals surface area contributed by atoms with Crippen LogP contribution in [-0.4, -0.2) is 28.7 Å². The monoisotopic (exact) mass is 287 g/mol. The third kappa shape index (κ3) is 2.61. The Morgan fingerprint density at radius 2 is 2.06 bits per heavy atom. The number of halogens is 1. The van der Waals surface area contributed by atoms with Gasteiger partial charge in [0.2, 0.25) is 5.91 Å². The van der Waals surface area contributed by atoms with Crippen molar-refractivity contribution in [3.05, 3.63) is 0 Å². The van der Waals surface area contributed by atoms with E-state index in [9.17, 15) is 4.79 Å². The summed E-state index contributed by atoms with van der Waals surface area (Å²) in [5.74, 6) is 1.67. The third-order valence-corrected chi connectivity index (χ3v) is 5.20. The van der Waals surface area contributed by atoms with Crippen LogP contribution in [0.1, 0.15) is 45.4 Å². The van der Waals surface area contributed by atoms with E-state index in [-0.39, 0.29) is 0 Å². The quantitative estimate of drug-likeness (QED) is 0.730. The van der Waals surface area contributed by atoms with Crippen LogP contribution in [0.4, 0.5) is 0 Å². The molecule has 2 unspecified atom stereocenters. The molecule has 1 heterocycles. The van der Waals surface area contributed by atoms with E-state index in [2.05, 4.69) is 27.8 Å². The maximum absolute atomic E-state index is 11.9. The second-order valence-electron chi connectivity index (χ2n) is 5.41. The number of nitrogens with zero attached hydrogens (tertiary/aromatic N) is 1. The molecule has 0 bridgehead atoms. The molecule has 1 amide bonds. The van der Waals surface area contributed by atoms with Crippen molar-refractivity contribution < 1.29 is 4.79 Å². The number of likely N-dealkylation sites (tertiary alicyclic amines) is 1. The van der Waals surface area contributed by atoms with Crippen LogP contribution < -0.4 is 0 Å². The molecule has 3 heteroatoms. The van der Waals surface area contributed by atoms with Crippen LogP contribution in [-0.2, 0) is 4.79 Å². The van der Waals surface area contributed by atoms with Crippen LogP contribution in [0.2, 0.25) is 0 Å². The van der Waals surface area contributed by atoms with Gasteiger partial charge in [-0.15, -0.1) is 0 Å². The van der Waals surface area contributed by atoms with Gasteiger partial charge in [0.25, 0.3) is 0 Å². The number of hydrogen-bond acceptors (Lipinski definition) is 1. The molecule has 2 fully saturated rings. The Balaban J connectivity index is 1.93. The van der Waals surface area contributed by atoms with Gasteiger partial charge in [0, 0.05) is 24.3 Å². The fraction of sp³-hybridized carbons (Fsp3) is 0.923. The minimum atomic E-state index is 0.377. The molecule has 92 valence electrons. The topological polar surface area (TPSA) is 20.3 Å². The lowest BCUT2D eigenvalue weighted by atomic mass is 9.84. The number of carbonyl (C=O) groups is 1. The van der Waals surface area contributed by atoms with Gasteiger partial charge in [-0.25, -0.2) is 0 Å². The van der Waals surface area contributed by atoms with Gasteiger partial charge >= 0.3 is 0 Å². The number of amides is 1. The van der Waals surface area contributed by atoms with E-state index in [1.165, 1.54) is 32.1 Å². The Morgan fingerprint density at radius 1 is 1.38 bits per heavy atom. The second-order valence-corrected chi connectivity index (χ2v) is 6.06. The fourth-order valence-electron chi connectivity index (χ4n) is 3.18. The minimum absolute atomic E-state index is 0.377. The van der Waals surface area contributed by atoms with Crippen LogP contribution in [0.15, 0.2) is 0 Å². The highest BCUT2D eigenvalue weighted by Crippen LogP contribution is 2.32. The average molecular weight is 288 g/mol. The van der Waals surface area contributed by atoms with Crippen molar-refractivity contribution in [1.29, 1.82) is 0 Å². The highest BCUT2D eigenvalue weighted by atomic mass is 79.9. The zero-order valence-electron chi connectivity index (χ0n) is 10.1. The van der Waals surface area contributed by atoms with Crippen LogP contribution >= 0.6 is 15.9 Å². The minimum Gasteiger partial charge on any atom is -0.339 e. The summed E-state index contributed by atoms with van der Waals surface area (Å²) in [5, 5.41) is 0.965. The summed E-state index contributed by atoms with van der Waals surface area (Å²) < 4.78 is 0. The molecule has 1 aliphatic carbocycles. The highest BCUT2D eigenvalue weighted by Gasteiger charge is 2.35. The van der Waals surface area contributed by atoms with Crippen molar-refractivity contribution in [2.24, 2.45) is 11.8 Å². The standard InChI is InChI=1S/C13H22BrNO/c1-10(12-5-3-2-4-6-12)15-9-11(8-14)7-13(15)16/h10-12H,2-9H2,1H3. The Hall–Kier alpha value is -0.0500. The van der Waals surface area contributed by atoms with Gasteiger partial charge in [0.1, 0.15) is 0 Å². The molecule has 16 heavy (non-hydrogen) atoms. The maximum atomic E-state index is 11.9. The lowest BCUT2D eigenvalue weighted by Crippen LogP contribution is -2.40. The fourth-order valence-corrected chi connectivity index (χ4v) is 3.61. The van der Waals surface area contributed by atoms with Gasteiger partial charge in [-0.1, -0.05) is 35.2 Å². The van der Waals surface area contributed by atoms with Crippen LogP contribution in [0, 0.1) is 11.8 Å². The van der Waals surface area contributed by atoms with E-state index < -0.39 is 0 Å². The molecule has 0 spiro atoms. The largest absolute Gasteiger partial charge is 0.339 e. The van der Waals surface area contributed by atoms with Crippen molar-refractivity contribution in [3.63, 3.8) is 0 Å². The summed E-state index contributed by atoms with van der Waals surface area (Å²) in [7, 11) is 0. The summed E-state index contributed by atoms with van der Waals surface area (Å²) in [5.41, 5.74) is 0. The van der Waals surface area contributed by atoms with E-state index in [4.69, 9.17) is 0 Å². The third-order valence-electron chi connectivity index (χ3n) is 4.28. The van der Waals surface area contributed by atoms with Gasteiger partial charge in [-0.05, 0) is 31.6 Å². The van der Waals surface area contributed by atoms with Gasteiger partial charge in [0.05, 0.1) is 0 Å². The SMILES string of the molecule is CC(C1CCCCC1)N1CC(CBr)CC1=O. The Morgan fingerprint density at radius 3 is 2.62 bits per heavy atom. The average Bonchev–Trinajstić information content (AvgIpc) is 2.71. The Kier molecular flexibility index (Phi) is 4.28. The summed E-state index contributed by atoms with van der Waals surface area (Å²) in [6, 6.07) is 0.469. The zero-order valence-corrected chi connectivity index (χ0v) is 11.7. The van der Waals surface area contributed by atoms with Gasteiger partial charge in [-0.2, -0.15) is 0 Å². The molecule has 1 aliphatic heterocycles. The molecule has 2 nitrogen and oxygen atoms in total. The first-order valence-corrected chi connectivity index (χ1v) is 7.70. The Bertz CT molecular complexity index is 250. The predicted molar refractivity (Wildman–Crippen MR) is 69.7 cm³/mol. The predicted octanol–water partition coefficient (Wildman–Crippen LogP) is 3.20. The highest BCUT2D eigenvalue weighted by molar-refractivity contribution is 9.09. The normalized spacial score (nSPS) is 29.8. The summed E-state index contributed by atoms with van der Waals surface area (Å²) >= 11 is 3.50. The first kappa shape index (κ1) is 12.4. The molecule has 2 rings (SSSR count). The molecule has 0 aromatic carbocycles. The first-order valence-electron chi connectivity index (χ1n) is 6.57. The van der Waals surface area contributed by atoms with Gasteiger partial charge in [-0.3, -0.25) is 4.79 Å². The molecule has 0 aromatic rings. The van der Waals surface area contributed by atoms with Crippen LogP contribution in [0.5, 0.6) is 0 Å². The van der Waals surface area contributed by atoms with Crippen molar-refractivity contribution in [1.82, 2.24) is 4.90 Å². The summed E-state index contributed by atoms with van der Waals surface area (Å²) in [6.07, 6.45) is 7.51. The molecule has 0 radical (unpaired) electrons. The molecule has 2 aliphatic rings. The van der Waals surface area contributed by atoms with Crippen LogP contribution in [0.25, 0.3) is 0 Å². The number of alkyl halides is 1. The van der Waals surface area contributed by atoms with Crippen LogP contribution in [0.3, 0.4) is 0 Å². The van der Waals surface area contributed by atoms with E-state index in [0.717, 1.165) is 24.2 Å². The van der Waals surface area contributed by atoms with E-state index in [1.54, 1.807) is 0 Å². The molecule has 0 aromatic heterocycles. The molecule has 2 atom stereocenters. The smallest absolute Gasteiger partial charge is 0.223 e. The molecular formula is C13H22BrNO. The van der Waals surface area contributed by atoms with E-state index >= 15 is 0 Å². The second kappa shape index (κ2) is 5.52. The van der Waals surface area contributed by atoms with Crippen molar-refractivity contribution >= 4 is 21.8 Å². The molecular weight excluding hydrogens is 266 g/mol.